The van der Waals surface area contributed by atoms with E-state index in [4.69, 9.17) is 0 Å². The summed E-state index contributed by atoms with van der Waals surface area (Å²) in [4.78, 5) is 0. The Hall–Kier alpha value is -1.61. The molecule has 2 aromatic rings. The van der Waals surface area contributed by atoms with Crippen molar-refractivity contribution in [1.82, 2.24) is 15.1 Å². The van der Waals surface area contributed by atoms with Crippen molar-refractivity contribution in [3.05, 3.63) is 53.9 Å². The van der Waals surface area contributed by atoms with Gasteiger partial charge in [0.15, 0.2) is 0 Å². The third-order valence-corrected chi connectivity index (χ3v) is 3.72. The summed E-state index contributed by atoms with van der Waals surface area (Å²) in [6.07, 6.45) is 6.37. The molecular weight excluding hydrogens is 258 g/mol. The van der Waals surface area contributed by atoms with E-state index in [9.17, 15) is 0 Å². The zero-order chi connectivity index (χ0) is 15.1. The first-order valence-corrected chi connectivity index (χ1v) is 7.96. The van der Waals surface area contributed by atoms with Gasteiger partial charge in [-0.1, -0.05) is 44.2 Å². The van der Waals surface area contributed by atoms with E-state index in [1.165, 1.54) is 11.1 Å². The summed E-state index contributed by atoms with van der Waals surface area (Å²) >= 11 is 0. The van der Waals surface area contributed by atoms with Gasteiger partial charge in [0, 0.05) is 18.8 Å². The predicted molar refractivity (Wildman–Crippen MR) is 88.4 cm³/mol. The summed E-state index contributed by atoms with van der Waals surface area (Å²) in [5, 5.41) is 7.97. The van der Waals surface area contributed by atoms with E-state index in [1.54, 1.807) is 0 Å². The summed E-state index contributed by atoms with van der Waals surface area (Å²) in [5.74, 6) is 0.601. The molecule has 1 aromatic carbocycles. The maximum absolute atomic E-state index is 4.39. The molecule has 1 N–H and O–H groups in total. The third kappa shape index (κ3) is 5.35. The molecule has 0 radical (unpaired) electrons. The number of aryl methyl sites for hydroxylation is 1. The molecule has 1 aromatic heterocycles. The first kappa shape index (κ1) is 15.8. The number of nitrogens with zero attached hydrogens (tertiary/aromatic N) is 2. The van der Waals surface area contributed by atoms with Crippen LogP contribution < -0.4 is 5.32 Å². The molecule has 1 atom stereocenters. The number of benzene rings is 1. The second kappa shape index (κ2) is 7.99. The maximum atomic E-state index is 4.39. The summed E-state index contributed by atoms with van der Waals surface area (Å²) in [7, 11) is 0. The molecule has 0 fully saturated rings. The minimum Gasteiger partial charge on any atom is -0.314 e. The van der Waals surface area contributed by atoms with Crippen LogP contribution >= 0.6 is 0 Å². The van der Waals surface area contributed by atoms with Crippen LogP contribution in [-0.4, -0.2) is 22.4 Å². The van der Waals surface area contributed by atoms with Crippen LogP contribution in [0.5, 0.6) is 0 Å². The van der Waals surface area contributed by atoms with E-state index in [1.807, 2.05) is 10.9 Å². The van der Waals surface area contributed by atoms with Crippen molar-refractivity contribution in [3.8, 4) is 0 Å². The highest BCUT2D eigenvalue weighted by molar-refractivity contribution is 5.16. The highest BCUT2D eigenvalue weighted by Crippen LogP contribution is 2.14. The standard InChI is InChI=1S/C18H27N3/c1-4-21-14-18(13-20-21)11-17(12-19-15(2)3)10-16-8-6-5-7-9-16/h5-9,13-15,17,19H,4,10-12H2,1-3H3. The van der Waals surface area contributed by atoms with Crippen LogP contribution in [0.4, 0.5) is 0 Å². The van der Waals surface area contributed by atoms with Crippen molar-refractivity contribution in [3.63, 3.8) is 0 Å². The average molecular weight is 285 g/mol. The number of rotatable bonds is 8. The first-order valence-electron chi connectivity index (χ1n) is 7.96. The highest BCUT2D eigenvalue weighted by Gasteiger charge is 2.12. The van der Waals surface area contributed by atoms with Gasteiger partial charge in [-0.3, -0.25) is 4.68 Å². The lowest BCUT2D eigenvalue weighted by Gasteiger charge is -2.19. The van der Waals surface area contributed by atoms with Gasteiger partial charge < -0.3 is 5.32 Å². The van der Waals surface area contributed by atoms with Crippen LogP contribution in [0.2, 0.25) is 0 Å². The summed E-state index contributed by atoms with van der Waals surface area (Å²) in [6.45, 7) is 8.51. The van der Waals surface area contributed by atoms with Crippen molar-refractivity contribution in [2.24, 2.45) is 5.92 Å². The Morgan fingerprint density at radius 1 is 1.10 bits per heavy atom. The fourth-order valence-electron chi connectivity index (χ4n) is 2.58. The van der Waals surface area contributed by atoms with Gasteiger partial charge in [-0.2, -0.15) is 5.10 Å². The normalized spacial score (nSPS) is 12.8. The number of hydrogen-bond donors (Lipinski definition) is 1. The smallest absolute Gasteiger partial charge is 0.0521 e. The van der Waals surface area contributed by atoms with Crippen molar-refractivity contribution in [1.29, 1.82) is 0 Å². The topological polar surface area (TPSA) is 29.9 Å². The molecule has 1 unspecified atom stereocenters. The molecule has 21 heavy (non-hydrogen) atoms. The van der Waals surface area contributed by atoms with Gasteiger partial charge in [0.2, 0.25) is 0 Å². The number of hydrogen-bond acceptors (Lipinski definition) is 2. The van der Waals surface area contributed by atoms with Crippen LogP contribution in [0.25, 0.3) is 0 Å². The largest absolute Gasteiger partial charge is 0.314 e. The minimum absolute atomic E-state index is 0.529. The Kier molecular flexibility index (Phi) is 6.00. The molecule has 0 aliphatic carbocycles. The van der Waals surface area contributed by atoms with Crippen LogP contribution in [0.1, 0.15) is 31.9 Å². The molecule has 0 aliphatic rings. The quantitative estimate of drug-likeness (QED) is 0.806. The van der Waals surface area contributed by atoms with Crippen LogP contribution in [0.15, 0.2) is 42.7 Å². The monoisotopic (exact) mass is 285 g/mol. The lowest BCUT2D eigenvalue weighted by Crippen LogP contribution is -2.31. The molecule has 0 aliphatic heterocycles. The van der Waals surface area contributed by atoms with E-state index < -0.39 is 0 Å². The van der Waals surface area contributed by atoms with E-state index in [0.29, 0.717) is 12.0 Å². The number of nitrogens with one attached hydrogen (secondary N) is 1. The molecule has 0 spiro atoms. The van der Waals surface area contributed by atoms with Gasteiger partial charge in [0.1, 0.15) is 0 Å². The van der Waals surface area contributed by atoms with Crippen molar-refractivity contribution < 1.29 is 0 Å². The Bertz CT molecular complexity index is 516. The molecule has 0 saturated heterocycles. The Balaban J connectivity index is 2.00. The predicted octanol–water partition coefficient (Wildman–Crippen LogP) is 3.30. The van der Waals surface area contributed by atoms with Crippen molar-refractivity contribution in [2.45, 2.75) is 46.2 Å². The molecule has 3 nitrogen and oxygen atoms in total. The maximum Gasteiger partial charge on any atom is 0.0521 e. The summed E-state index contributed by atoms with van der Waals surface area (Å²) in [5.41, 5.74) is 2.75. The zero-order valence-electron chi connectivity index (χ0n) is 13.4. The molecule has 2 rings (SSSR count). The highest BCUT2D eigenvalue weighted by atomic mass is 15.3. The van der Waals surface area contributed by atoms with Crippen molar-refractivity contribution in [2.75, 3.05) is 6.54 Å². The van der Waals surface area contributed by atoms with Gasteiger partial charge in [-0.05, 0) is 43.4 Å². The van der Waals surface area contributed by atoms with Crippen molar-refractivity contribution >= 4 is 0 Å². The van der Waals surface area contributed by atoms with E-state index in [-0.39, 0.29) is 0 Å². The van der Waals surface area contributed by atoms with Crippen LogP contribution in [0, 0.1) is 5.92 Å². The lowest BCUT2D eigenvalue weighted by molar-refractivity contribution is 0.444. The van der Waals surface area contributed by atoms with E-state index in [0.717, 1.165) is 25.9 Å². The second-order valence-corrected chi connectivity index (χ2v) is 6.03. The number of aromatic nitrogens is 2. The SMILES string of the molecule is CCn1cc(CC(CNC(C)C)Cc2ccccc2)cn1. The summed E-state index contributed by atoms with van der Waals surface area (Å²) < 4.78 is 2.00. The molecule has 0 amide bonds. The average Bonchev–Trinajstić information content (AvgIpc) is 2.93. The lowest BCUT2D eigenvalue weighted by atomic mass is 9.93. The van der Waals surface area contributed by atoms with Gasteiger partial charge in [0.05, 0.1) is 6.20 Å². The Morgan fingerprint density at radius 3 is 2.43 bits per heavy atom. The Morgan fingerprint density at radius 2 is 1.81 bits per heavy atom. The molecule has 3 heteroatoms. The second-order valence-electron chi connectivity index (χ2n) is 6.03. The van der Waals surface area contributed by atoms with Crippen LogP contribution in [-0.2, 0) is 19.4 Å². The molecule has 1 heterocycles. The molecule has 114 valence electrons. The van der Waals surface area contributed by atoms with E-state index in [2.05, 4.69) is 67.7 Å². The fourth-order valence-corrected chi connectivity index (χ4v) is 2.58. The molecular formula is C18H27N3. The third-order valence-electron chi connectivity index (χ3n) is 3.72. The van der Waals surface area contributed by atoms with Gasteiger partial charge in [-0.15, -0.1) is 0 Å². The summed E-state index contributed by atoms with van der Waals surface area (Å²) in [6, 6.07) is 11.3. The van der Waals surface area contributed by atoms with Gasteiger partial charge in [-0.25, -0.2) is 0 Å². The fraction of sp³-hybridized carbons (Fsp3) is 0.500. The van der Waals surface area contributed by atoms with Crippen LogP contribution in [0.3, 0.4) is 0 Å². The first-order chi connectivity index (χ1) is 10.2. The van der Waals surface area contributed by atoms with Gasteiger partial charge in [0.25, 0.3) is 0 Å². The van der Waals surface area contributed by atoms with E-state index >= 15 is 0 Å². The molecule has 0 saturated carbocycles. The minimum atomic E-state index is 0.529. The Labute approximate surface area is 128 Å². The van der Waals surface area contributed by atoms with Gasteiger partial charge >= 0.3 is 0 Å². The molecule has 0 bridgehead atoms. The zero-order valence-corrected chi connectivity index (χ0v) is 13.4.